The largest absolute Gasteiger partial charge is 0.439 e. The lowest BCUT2D eigenvalue weighted by Crippen LogP contribution is -2.37. The first-order chi connectivity index (χ1) is 19.6. The topological polar surface area (TPSA) is 145 Å². The number of halogens is 3. The summed E-state index contributed by atoms with van der Waals surface area (Å²) >= 11 is 0. The number of amides is 2. The van der Waals surface area contributed by atoms with Gasteiger partial charge in [-0.2, -0.15) is 13.2 Å². The molecule has 4 N–H and O–H groups in total. The highest BCUT2D eigenvalue weighted by molar-refractivity contribution is 5.99. The van der Waals surface area contributed by atoms with Crippen LogP contribution in [0.3, 0.4) is 0 Å². The highest BCUT2D eigenvalue weighted by atomic mass is 19.4. The molecule has 1 unspecified atom stereocenters. The first-order valence-electron chi connectivity index (χ1n) is 12.5. The number of aliphatic hydroxyl groups is 1. The quantitative estimate of drug-likeness (QED) is 0.302. The molecule has 2 amide bonds. The van der Waals surface area contributed by atoms with Crippen LogP contribution >= 0.6 is 0 Å². The Hall–Kier alpha value is -4.69. The van der Waals surface area contributed by atoms with Crippen molar-refractivity contribution >= 4 is 34.2 Å². The van der Waals surface area contributed by atoms with Crippen molar-refractivity contribution in [1.29, 1.82) is 0 Å². The lowest BCUT2D eigenvalue weighted by Gasteiger charge is -2.31. The first-order valence-corrected chi connectivity index (χ1v) is 12.5. The Bertz CT molecular complexity index is 1590. The molecule has 0 saturated carbocycles. The van der Waals surface area contributed by atoms with E-state index in [0.29, 0.717) is 43.0 Å². The molecule has 14 heteroatoms. The van der Waals surface area contributed by atoms with Crippen LogP contribution in [0, 0.1) is 0 Å². The van der Waals surface area contributed by atoms with E-state index in [1.165, 1.54) is 35.3 Å². The van der Waals surface area contributed by atoms with Crippen LogP contribution in [0.4, 0.5) is 29.3 Å². The van der Waals surface area contributed by atoms with E-state index in [1.54, 1.807) is 29.2 Å². The molecule has 1 saturated heterocycles. The molecule has 3 heterocycles. The third-order valence-corrected chi connectivity index (χ3v) is 6.41. The van der Waals surface area contributed by atoms with Crippen LogP contribution in [0.25, 0.3) is 10.9 Å². The molecule has 41 heavy (non-hydrogen) atoms. The van der Waals surface area contributed by atoms with Gasteiger partial charge in [0.2, 0.25) is 11.8 Å². The minimum absolute atomic E-state index is 0.000716. The maximum Gasteiger partial charge on any atom is 0.418 e. The molecule has 2 aromatic heterocycles. The Morgan fingerprint density at radius 2 is 1.88 bits per heavy atom. The molecular formula is C27H25F3N6O5. The van der Waals surface area contributed by atoms with Gasteiger partial charge in [0, 0.05) is 42.1 Å². The fourth-order valence-corrected chi connectivity index (χ4v) is 4.47. The van der Waals surface area contributed by atoms with Crippen LogP contribution in [0.2, 0.25) is 0 Å². The molecule has 2 aromatic carbocycles. The maximum atomic E-state index is 13.9. The number of alkyl halides is 3. The monoisotopic (exact) mass is 570 g/mol. The van der Waals surface area contributed by atoms with Gasteiger partial charge in [-0.1, -0.05) is 0 Å². The van der Waals surface area contributed by atoms with Crippen molar-refractivity contribution < 1.29 is 37.3 Å². The van der Waals surface area contributed by atoms with Crippen LogP contribution in [0.5, 0.6) is 11.6 Å². The summed E-state index contributed by atoms with van der Waals surface area (Å²) in [5, 5.41) is 13.2. The second-order valence-electron chi connectivity index (χ2n) is 9.24. The average Bonchev–Trinajstić information content (AvgIpc) is 3.36. The normalized spacial score (nSPS) is 14.6. The number of nitrogens with one attached hydrogen (secondary N) is 1. The van der Waals surface area contributed by atoms with Crippen LogP contribution in [-0.2, 0) is 15.7 Å². The highest BCUT2D eigenvalue weighted by Crippen LogP contribution is 2.38. The van der Waals surface area contributed by atoms with Crippen molar-refractivity contribution in [2.75, 3.05) is 36.5 Å². The molecule has 214 valence electrons. The number of morpholine rings is 1. The number of carbonyl (C=O) groups excluding carboxylic acids is 2. The van der Waals surface area contributed by atoms with Gasteiger partial charge in [-0.05, 0) is 42.5 Å². The van der Waals surface area contributed by atoms with E-state index in [4.69, 9.17) is 15.2 Å². The fraction of sp³-hybridized carbons (Fsp3) is 0.259. The summed E-state index contributed by atoms with van der Waals surface area (Å²) in [6, 6.07) is 10.9. The molecule has 1 aliphatic rings. The number of primary amides is 1. The Balaban J connectivity index is 1.33. The number of nitrogens with zero attached hydrogens (tertiary/aromatic N) is 4. The van der Waals surface area contributed by atoms with Crippen molar-refractivity contribution in [2.24, 2.45) is 5.73 Å². The Labute approximate surface area is 231 Å². The molecule has 0 bridgehead atoms. The first kappa shape index (κ1) is 27.9. The van der Waals surface area contributed by atoms with Gasteiger partial charge in [0.1, 0.15) is 18.2 Å². The van der Waals surface area contributed by atoms with Crippen molar-refractivity contribution in [2.45, 2.75) is 18.7 Å². The summed E-state index contributed by atoms with van der Waals surface area (Å²) in [6.45, 7) is 1.35. The highest BCUT2D eigenvalue weighted by Gasteiger charge is 2.35. The van der Waals surface area contributed by atoms with Crippen molar-refractivity contribution in [3.63, 3.8) is 0 Å². The average molecular weight is 571 g/mol. The van der Waals surface area contributed by atoms with Gasteiger partial charge < -0.3 is 30.5 Å². The summed E-state index contributed by atoms with van der Waals surface area (Å²) in [7, 11) is 0. The van der Waals surface area contributed by atoms with Gasteiger partial charge in [-0.15, -0.1) is 0 Å². The van der Waals surface area contributed by atoms with Gasteiger partial charge >= 0.3 is 12.2 Å². The summed E-state index contributed by atoms with van der Waals surface area (Å²) in [5.41, 5.74) is 4.95. The lowest BCUT2D eigenvalue weighted by molar-refractivity contribution is -0.137. The number of hydrogen-bond donors (Lipinski definition) is 3. The number of hydrogen-bond acceptors (Lipinski definition) is 8. The zero-order chi connectivity index (χ0) is 29.1. The lowest BCUT2D eigenvalue weighted by atomic mass is 10.1. The van der Waals surface area contributed by atoms with Gasteiger partial charge in [-0.3, -0.25) is 9.36 Å². The van der Waals surface area contributed by atoms with Crippen LogP contribution in [0.1, 0.15) is 23.8 Å². The van der Waals surface area contributed by atoms with E-state index < -0.39 is 29.8 Å². The van der Waals surface area contributed by atoms with E-state index in [2.05, 4.69) is 15.3 Å². The molecule has 0 spiro atoms. The van der Waals surface area contributed by atoms with E-state index >= 15 is 0 Å². The number of nitrogens with two attached hydrogens (primary N) is 1. The predicted molar refractivity (Wildman–Crippen MR) is 142 cm³/mol. The van der Waals surface area contributed by atoms with Crippen LogP contribution < -0.4 is 20.7 Å². The van der Waals surface area contributed by atoms with Crippen LogP contribution in [-0.4, -0.2) is 57.9 Å². The van der Waals surface area contributed by atoms with E-state index in [0.717, 1.165) is 6.07 Å². The van der Waals surface area contributed by atoms with Gasteiger partial charge in [0.25, 0.3) is 0 Å². The molecule has 0 aliphatic carbocycles. The van der Waals surface area contributed by atoms with Crippen LogP contribution in [0.15, 0.2) is 61.1 Å². The molecule has 1 fully saturated rings. The Kier molecular flexibility index (Phi) is 7.77. The number of fused-ring (bicyclic) bond motifs is 1. The zero-order valence-corrected chi connectivity index (χ0v) is 21.5. The second-order valence-corrected chi connectivity index (χ2v) is 9.24. The summed E-state index contributed by atoms with van der Waals surface area (Å²) < 4.78 is 53.9. The van der Waals surface area contributed by atoms with Crippen molar-refractivity contribution in [3.05, 3.63) is 72.3 Å². The molecule has 1 atom stereocenters. The smallest absolute Gasteiger partial charge is 0.418 e. The number of ether oxygens (including phenoxy) is 2. The van der Waals surface area contributed by atoms with Crippen molar-refractivity contribution in [1.82, 2.24) is 14.5 Å². The number of rotatable bonds is 7. The second kappa shape index (κ2) is 11.4. The molecule has 0 radical (unpaired) electrons. The van der Waals surface area contributed by atoms with Gasteiger partial charge in [0.15, 0.2) is 0 Å². The van der Waals surface area contributed by atoms with E-state index in [-0.39, 0.29) is 29.4 Å². The SMILES string of the molecule is NC(=O)CC(O)c1cc(Oc2ccc3c(ccn3C(=O)Nc3ccc(N4CCOCC4)c(C(F)(F)F)c3)c2)ncn1. The zero-order valence-electron chi connectivity index (χ0n) is 21.5. The molecule has 4 aromatic rings. The minimum Gasteiger partial charge on any atom is -0.439 e. The molecule has 11 nitrogen and oxygen atoms in total. The summed E-state index contributed by atoms with van der Waals surface area (Å²) in [6.07, 6.45) is -3.48. The Morgan fingerprint density at radius 3 is 2.61 bits per heavy atom. The third kappa shape index (κ3) is 6.39. The number of aliphatic hydroxyl groups excluding tert-OH is 1. The number of anilines is 2. The number of benzene rings is 2. The van der Waals surface area contributed by atoms with E-state index in [1.807, 2.05) is 0 Å². The maximum absolute atomic E-state index is 13.9. The molecular weight excluding hydrogens is 545 g/mol. The van der Waals surface area contributed by atoms with E-state index in [9.17, 15) is 27.9 Å². The summed E-state index contributed by atoms with van der Waals surface area (Å²) in [4.78, 5) is 33.6. The third-order valence-electron chi connectivity index (χ3n) is 6.41. The number of aromatic nitrogens is 3. The molecule has 5 rings (SSSR count). The van der Waals surface area contributed by atoms with Gasteiger partial charge in [-0.25, -0.2) is 14.8 Å². The fourth-order valence-electron chi connectivity index (χ4n) is 4.47. The minimum atomic E-state index is -4.62. The molecule has 1 aliphatic heterocycles. The standard InChI is InChI=1S/C27H25F3N6O5/c28-27(29,30)19-12-17(1-3-22(19)35-7-9-40-10-8-35)34-26(39)36-6-5-16-11-18(2-4-21(16)36)41-25-13-20(32-15-33-25)23(37)14-24(31)38/h1-6,11-13,15,23,37H,7-10,14H2,(H2,31,38)(H,34,39). The van der Waals surface area contributed by atoms with Crippen molar-refractivity contribution in [3.8, 4) is 11.6 Å². The predicted octanol–water partition coefficient (Wildman–Crippen LogP) is 4.07. The Morgan fingerprint density at radius 1 is 1.10 bits per heavy atom. The van der Waals surface area contributed by atoms with Gasteiger partial charge in [0.05, 0.1) is 36.4 Å². The summed E-state index contributed by atoms with van der Waals surface area (Å²) in [5.74, 6) is -0.224. The number of carbonyl (C=O) groups is 2.